The van der Waals surface area contributed by atoms with Crippen molar-refractivity contribution in [3.05, 3.63) is 36.4 Å². The van der Waals surface area contributed by atoms with Crippen LogP contribution in [-0.2, 0) is 0 Å². The van der Waals surface area contributed by atoms with Crippen molar-refractivity contribution in [2.75, 3.05) is 0 Å². The van der Waals surface area contributed by atoms with E-state index in [4.69, 9.17) is 5.73 Å². The summed E-state index contributed by atoms with van der Waals surface area (Å²) < 4.78 is 0. The van der Waals surface area contributed by atoms with Crippen molar-refractivity contribution >= 4 is 8.41 Å². The van der Waals surface area contributed by atoms with Gasteiger partial charge < -0.3 is 5.73 Å². The van der Waals surface area contributed by atoms with Crippen molar-refractivity contribution in [3.63, 3.8) is 0 Å². The maximum absolute atomic E-state index is 5.11. The van der Waals surface area contributed by atoms with E-state index in [9.17, 15) is 0 Å². The monoisotopic (exact) mass is 164 g/mol. The predicted molar refractivity (Wildman–Crippen MR) is 58.3 cm³/mol. The van der Waals surface area contributed by atoms with Gasteiger partial charge in [-0.2, -0.15) is 0 Å². The summed E-state index contributed by atoms with van der Waals surface area (Å²) in [5.74, 6) is 0. The molecular weight excluding hydrogens is 145 g/mol. The summed E-state index contributed by atoms with van der Waals surface area (Å²) in [6.45, 7) is 3.89. The van der Waals surface area contributed by atoms with Crippen LogP contribution < -0.4 is 5.73 Å². The van der Waals surface area contributed by atoms with Gasteiger partial charge in [-0.05, 0) is 6.04 Å². The summed E-state index contributed by atoms with van der Waals surface area (Å²) in [5.41, 5.74) is 5.11. The summed E-state index contributed by atoms with van der Waals surface area (Å²) in [6, 6.07) is 12.3. The molecule has 1 rings (SSSR count). The third-order valence-electron chi connectivity index (χ3n) is 0.667. The van der Waals surface area contributed by atoms with E-state index >= 15 is 0 Å². The Morgan fingerprint density at radius 1 is 0.833 bits per heavy atom. The van der Waals surface area contributed by atoms with Crippen LogP contribution in [0.1, 0.15) is 21.3 Å². The molecule has 0 atom stereocenters. The fourth-order valence-corrected chi connectivity index (χ4v) is 0.385. The Hall–Kier alpha value is -0.755. The third kappa shape index (κ3) is 22.8. The van der Waals surface area contributed by atoms with Crippen molar-refractivity contribution in [1.29, 1.82) is 0 Å². The second kappa shape index (κ2) is 12.9. The fraction of sp³-hybridized carbons (Fsp3) is 0.400. The summed E-state index contributed by atoms with van der Waals surface area (Å²) in [4.78, 5) is 0. The molecule has 0 spiro atoms. The molecule has 0 aromatic heterocycles. The maximum atomic E-state index is 5.11. The van der Waals surface area contributed by atoms with Gasteiger partial charge in [0.25, 0.3) is 0 Å². The highest BCUT2D eigenvalue weighted by atomic mass is 14.6. The SMILES string of the molecule is C.CC(C)N.[B].c1ccccc1. The minimum Gasteiger partial charge on any atom is -0.328 e. The fourth-order valence-electron chi connectivity index (χ4n) is 0.385. The molecule has 0 unspecified atom stereocenters. The van der Waals surface area contributed by atoms with Gasteiger partial charge in [-0.1, -0.05) is 57.7 Å². The van der Waals surface area contributed by atoms with Crippen LogP contribution in [0.25, 0.3) is 0 Å². The average Bonchev–Trinajstić information content (AvgIpc) is 1.90. The Morgan fingerprint density at radius 2 is 0.917 bits per heavy atom. The zero-order valence-corrected chi connectivity index (χ0v) is 7.20. The quantitative estimate of drug-likeness (QED) is 0.585. The molecule has 12 heavy (non-hydrogen) atoms. The first kappa shape index (κ1) is 17.4. The molecule has 0 saturated carbocycles. The van der Waals surface area contributed by atoms with Crippen LogP contribution in [0.2, 0.25) is 0 Å². The lowest BCUT2D eigenvalue weighted by Gasteiger charge is -1.81. The number of nitrogens with two attached hydrogens (primary N) is 1. The topological polar surface area (TPSA) is 26.0 Å². The van der Waals surface area contributed by atoms with Gasteiger partial charge in [0.1, 0.15) is 0 Å². The van der Waals surface area contributed by atoms with E-state index in [1.54, 1.807) is 0 Å². The van der Waals surface area contributed by atoms with E-state index in [1.165, 1.54) is 0 Å². The zero-order chi connectivity index (χ0) is 7.82. The first-order valence-electron chi connectivity index (χ1n) is 3.49. The largest absolute Gasteiger partial charge is 0.328 e. The molecule has 1 nitrogen and oxygen atoms in total. The lowest BCUT2D eigenvalue weighted by atomic mass is 10.4. The van der Waals surface area contributed by atoms with Gasteiger partial charge in [0, 0.05) is 8.41 Å². The number of benzene rings is 1. The molecule has 0 aliphatic rings. The number of hydrogen-bond acceptors (Lipinski definition) is 1. The molecule has 1 aromatic carbocycles. The highest BCUT2D eigenvalue weighted by Gasteiger charge is 1.67. The third-order valence-corrected chi connectivity index (χ3v) is 0.667. The van der Waals surface area contributed by atoms with Gasteiger partial charge in [0.15, 0.2) is 0 Å². The van der Waals surface area contributed by atoms with Gasteiger partial charge in [0.2, 0.25) is 0 Å². The Bertz CT molecular complexity index is 110. The molecule has 0 amide bonds. The van der Waals surface area contributed by atoms with Gasteiger partial charge >= 0.3 is 0 Å². The van der Waals surface area contributed by atoms with Crippen molar-refractivity contribution in [3.8, 4) is 0 Å². The van der Waals surface area contributed by atoms with Gasteiger partial charge in [-0.3, -0.25) is 0 Å². The first-order valence-corrected chi connectivity index (χ1v) is 3.49. The summed E-state index contributed by atoms with van der Waals surface area (Å²) in [6.07, 6.45) is 0. The van der Waals surface area contributed by atoms with Crippen LogP contribution >= 0.6 is 0 Å². The van der Waals surface area contributed by atoms with Crippen LogP contribution in [0.3, 0.4) is 0 Å². The molecule has 0 aliphatic heterocycles. The summed E-state index contributed by atoms with van der Waals surface area (Å²) >= 11 is 0. The minimum atomic E-state index is 0. The molecule has 1 aromatic rings. The number of hydrogen-bond donors (Lipinski definition) is 1. The Labute approximate surface area is 78.6 Å². The Kier molecular flexibility index (Phi) is 18.6. The van der Waals surface area contributed by atoms with Crippen LogP contribution in [0.5, 0.6) is 0 Å². The van der Waals surface area contributed by atoms with Crippen molar-refractivity contribution < 1.29 is 0 Å². The van der Waals surface area contributed by atoms with E-state index in [0.29, 0.717) is 6.04 Å². The molecule has 0 fully saturated rings. The van der Waals surface area contributed by atoms with E-state index in [0.717, 1.165) is 0 Å². The molecule has 0 bridgehead atoms. The molecule has 3 radical (unpaired) electrons. The highest BCUT2D eigenvalue weighted by molar-refractivity contribution is 5.75. The minimum absolute atomic E-state index is 0. The molecular formula is C10H19BN. The second-order valence-corrected chi connectivity index (χ2v) is 2.40. The van der Waals surface area contributed by atoms with E-state index in [2.05, 4.69) is 0 Å². The van der Waals surface area contributed by atoms with Crippen molar-refractivity contribution in [2.24, 2.45) is 5.73 Å². The standard InChI is InChI=1S/C6H6.C3H9N.CH4.B/c1-2-4-6-5-3-1;1-3(2)4;;/h1-6H;3H,4H2,1-2H3;1H4;. The molecule has 0 heterocycles. The van der Waals surface area contributed by atoms with E-state index < -0.39 is 0 Å². The smallest absolute Gasteiger partial charge is 0 e. The summed E-state index contributed by atoms with van der Waals surface area (Å²) in [7, 11) is 0. The van der Waals surface area contributed by atoms with E-state index in [-0.39, 0.29) is 15.8 Å². The summed E-state index contributed by atoms with van der Waals surface area (Å²) in [5, 5.41) is 0. The maximum Gasteiger partial charge on any atom is 0 e. The van der Waals surface area contributed by atoms with Gasteiger partial charge in [-0.15, -0.1) is 0 Å². The normalized spacial score (nSPS) is 7.00. The van der Waals surface area contributed by atoms with Crippen LogP contribution in [0, 0.1) is 0 Å². The molecule has 0 aliphatic carbocycles. The predicted octanol–water partition coefficient (Wildman–Crippen LogP) is 2.30. The van der Waals surface area contributed by atoms with Crippen molar-refractivity contribution in [1.82, 2.24) is 0 Å². The number of rotatable bonds is 0. The zero-order valence-electron chi connectivity index (χ0n) is 7.20. The van der Waals surface area contributed by atoms with E-state index in [1.807, 2.05) is 50.2 Å². The first-order chi connectivity index (χ1) is 4.73. The van der Waals surface area contributed by atoms with Crippen LogP contribution in [0.4, 0.5) is 0 Å². The average molecular weight is 164 g/mol. The lowest BCUT2D eigenvalue weighted by Crippen LogP contribution is -2.06. The molecule has 2 heteroatoms. The Balaban J connectivity index is -0.000000124. The Morgan fingerprint density at radius 3 is 1.00 bits per heavy atom. The lowest BCUT2D eigenvalue weighted by molar-refractivity contribution is 0.834. The highest BCUT2D eigenvalue weighted by Crippen LogP contribution is 1.79. The molecule has 67 valence electrons. The van der Waals surface area contributed by atoms with Crippen LogP contribution in [0.15, 0.2) is 36.4 Å². The van der Waals surface area contributed by atoms with Gasteiger partial charge in [-0.25, -0.2) is 0 Å². The van der Waals surface area contributed by atoms with Crippen LogP contribution in [-0.4, -0.2) is 14.5 Å². The molecule has 2 N–H and O–H groups in total. The molecule has 0 saturated heterocycles. The second-order valence-electron chi connectivity index (χ2n) is 2.40. The van der Waals surface area contributed by atoms with Gasteiger partial charge in [0.05, 0.1) is 0 Å². The van der Waals surface area contributed by atoms with Crippen molar-refractivity contribution in [2.45, 2.75) is 27.3 Å².